The van der Waals surface area contributed by atoms with Crippen molar-refractivity contribution in [2.24, 2.45) is 11.7 Å². The minimum atomic E-state index is 0.422. The molecule has 1 aromatic carbocycles. The van der Waals surface area contributed by atoms with E-state index in [0.717, 1.165) is 18.0 Å². The Hall–Kier alpha value is -1.30. The number of hydrogen-bond donors (Lipinski definition) is 1. The van der Waals surface area contributed by atoms with Gasteiger partial charge in [0.05, 0.1) is 6.54 Å². The maximum atomic E-state index is 5.45. The molecule has 1 fully saturated rings. The number of likely N-dealkylation sites (tertiary alicyclic amines) is 1. The molecule has 0 saturated carbocycles. The molecule has 0 aromatic heterocycles. The van der Waals surface area contributed by atoms with Crippen LogP contribution in [-0.4, -0.2) is 24.0 Å². The fourth-order valence-electron chi connectivity index (χ4n) is 2.75. The van der Waals surface area contributed by atoms with E-state index in [1.807, 2.05) is 6.07 Å². The van der Waals surface area contributed by atoms with Crippen molar-refractivity contribution in [3.05, 3.63) is 35.4 Å². The van der Waals surface area contributed by atoms with E-state index in [9.17, 15) is 0 Å². The quantitative estimate of drug-likeness (QED) is 0.806. The Balaban J connectivity index is 2.14. The topological polar surface area (TPSA) is 29.3 Å². The first-order valence-corrected chi connectivity index (χ1v) is 6.71. The van der Waals surface area contributed by atoms with Crippen molar-refractivity contribution < 1.29 is 0 Å². The maximum absolute atomic E-state index is 5.45. The van der Waals surface area contributed by atoms with Crippen LogP contribution in [0, 0.1) is 17.8 Å². The monoisotopic (exact) mass is 242 g/mol. The molecule has 2 nitrogen and oxygen atoms in total. The van der Waals surface area contributed by atoms with Crippen LogP contribution in [0.4, 0.5) is 0 Å². The van der Waals surface area contributed by atoms with E-state index in [2.05, 4.69) is 48.8 Å². The Morgan fingerprint density at radius 3 is 2.78 bits per heavy atom. The minimum absolute atomic E-state index is 0.422. The van der Waals surface area contributed by atoms with Crippen LogP contribution >= 0.6 is 0 Å². The number of rotatable bonds is 2. The third-order valence-electron chi connectivity index (χ3n) is 3.63. The van der Waals surface area contributed by atoms with Gasteiger partial charge in [0.25, 0.3) is 0 Å². The normalized spacial score (nSPS) is 23.7. The predicted molar refractivity (Wildman–Crippen MR) is 76.0 cm³/mol. The van der Waals surface area contributed by atoms with Gasteiger partial charge in [-0.1, -0.05) is 37.0 Å². The first kappa shape index (κ1) is 13.1. The maximum Gasteiger partial charge on any atom is 0.0555 e. The second-order valence-corrected chi connectivity index (χ2v) is 5.28. The molecule has 1 aliphatic rings. The highest BCUT2D eigenvalue weighted by Crippen LogP contribution is 2.24. The summed E-state index contributed by atoms with van der Waals surface area (Å²) in [6, 6.07) is 9.07. The van der Waals surface area contributed by atoms with Gasteiger partial charge in [-0.2, -0.15) is 0 Å². The van der Waals surface area contributed by atoms with Crippen LogP contribution in [0.15, 0.2) is 24.3 Å². The molecule has 2 atom stereocenters. The Kier molecular flexibility index (Phi) is 4.41. The average molecular weight is 242 g/mol. The first-order valence-electron chi connectivity index (χ1n) is 6.71. The summed E-state index contributed by atoms with van der Waals surface area (Å²) in [4.78, 5) is 2.55. The van der Waals surface area contributed by atoms with Crippen LogP contribution in [-0.2, 0) is 6.54 Å². The molecule has 18 heavy (non-hydrogen) atoms. The van der Waals surface area contributed by atoms with Gasteiger partial charge in [-0.3, -0.25) is 4.90 Å². The van der Waals surface area contributed by atoms with E-state index < -0.39 is 0 Å². The summed E-state index contributed by atoms with van der Waals surface area (Å²) in [5.74, 6) is 6.93. The van der Waals surface area contributed by atoms with Gasteiger partial charge < -0.3 is 5.73 Å². The molecule has 2 N–H and O–H groups in total. The van der Waals surface area contributed by atoms with Crippen molar-refractivity contribution in [1.29, 1.82) is 0 Å². The summed E-state index contributed by atoms with van der Waals surface area (Å²) in [5.41, 5.74) is 7.89. The zero-order valence-corrected chi connectivity index (χ0v) is 11.3. The summed E-state index contributed by atoms with van der Waals surface area (Å²) < 4.78 is 0. The lowest BCUT2D eigenvalue weighted by atomic mass is 10.1. The van der Waals surface area contributed by atoms with E-state index >= 15 is 0 Å². The Bertz CT molecular complexity index is 456. The molecular formula is C16H22N2. The summed E-state index contributed by atoms with van der Waals surface area (Å²) in [6.45, 7) is 7.26. The molecule has 0 bridgehead atoms. The highest BCUT2D eigenvalue weighted by molar-refractivity contribution is 5.41. The van der Waals surface area contributed by atoms with Crippen LogP contribution in [0.1, 0.15) is 31.4 Å². The van der Waals surface area contributed by atoms with Crippen molar-refractivity contribution in [1.82, 2.24) is 4.90 Å². The van der Waals surface area contributed by atoms with Gasteiger partial charge in [0.15, 0.2) is 0 Å². The predicted octanol–water partition coefficient (Wildman–Crippen LogP) is 2.23. The molecule has 0 amide bonds. The van der Waals surface area contributed by atoms with Crippen LogP contribution < -0.4 is 5.73 Å². The van der Waals surface area contributed by atoms with E-state index in [4.69, 9.17) is 5.73 Å². The number of nitrogens with zero attached hydrogens (tertiary/aromatic N) is 1. The number of benzene rings is 1. The Morgan fingerprint density at radius 1 is 1.33 bits per heavy atom. The smallest absolute Gasteiger partial charge is 0.0555 e. The van der Waals surface area contributed by atoms with Gasteiger partial charge >= 0.3 is 0 Å². The molecule has 2 unspecified atom stereocenters. The standard InChI is InChI=1S/C16H22N2/c1-13-10-14(2)18(11-13)12-16-7-4-3-6-15(16)8-5-9-17/h3-4,6-7,13-14H,9-12,17H2,1-2H3. The van der Waals surface area contributed by atoms with E-state index in [-0.39, 0.29) is 0 Å². The largest absolute Gasteiger partial charge is 0.320 e. The summed E-state index contributed by atoms with van der Waals surface area (Å²) in [7, 11) is 0. The Labute approximate surface area is 110 Å². The van der Waals surface area contributed by atoms with Gasteiger partial charge in [0.1, 0.15) is 0 Å². The average Bonchev–Trinajstić information content (AvgIpc) is 2.67. The van der Waals surface area contributed by atoms with E-state index in [1.165, 1.54) is 18.5 Å². The molecule has 2 heteroatoms. The molecule has 2 rings (SSSR count). The molecule has 1 aliphatic heterocycles. The molecule has 1 heterocycles. The highest BCUT2D eigenvalue weighted by Gasteiger charge is 2.26. The molecule has 0 radical (unpaired) electrons. The Morgan fingerprint density at radius 2 is 2.11 bits per heavy atom. The van der Waals surface area contributed by atoms with Gasteiger partial charge in [-0.05, 0) is 30.9 Å². The summed E-state index contributed by atoms with van der Waals surface area (Å²) in [5, 5.41) is 0. The van der Waals surface area contributed by atoms with Crippen LogP contribution in [0.2, 0.25) is 0 Å². The van der Waals surface area contributed by atoms with E-state index in [1.54, 1.807) is 0 Å². The molecule has 96 valence electrons. The first-order chi connectivity index (χ1) is 8.70. The van der Waals surface area contributed by atoms with Crippen molar-refractivity contribution >= 4 is 0 Å². The van der Waals surface area contributed by atoms with Gasteiger partial charge in [-0.25, -0.2) is 0 Å². The minimum Gasteiger partial charge on any atom is -0.320 e. The number of nitrogens with two attached hydrogens (primary N) is 1. The highest BCUT2D eigenvalue weighted by atomic mass is 15.2. The molecule has 0 aliphatic carbocycles. The lowest BCUT2D eigenvalue weighted by Gasteiger charge is -2.21. The van der Waals surface area contributed by atoms with Gasteiger partial charge in [-0.15, -0.1) is 0 Å². The zero-order valence-electron chi connectivity index (χ0n) is 11.3. The van der Waals surface area contributed by atoms with Crippen LogP contribution in [0.5, 0.6) is 0 Å². The van der Waals surface area contributed by atoms with Gasteiger partial charge in [0.2, 0.25) is 0 Å². The third kappa shape index (κ3) is 3.13. The third-order valence-corrected chi connectivity index (χ3v) is 3.63. The fourth-order valence-corrected chi connectivity index (χ4v) is 2.75. The van der Waals surface area contributed by atoms with Crippen LogP contribution in [0.25, 0.3) is 0 Å². The van der Waals surface area contributed by atoms with Gasteiger partial charge in [0, 0.05) is 24.7 Å². The molecule has 1 aromatic rings. The second-order valence-electron chi connectivity index (χ2n) is 5.28. The van der Waals surface area contributed by atoms with Crippen molar-refractivity contribution in [2.45, 2.75) is 32.9 Å². The SMILES string of the molecule is CC1CC(C)N(Cc2ccccc2C#CCN)C1. The molecular weight excluding hydrogens is 220 g/mol. The lowest BCUT2D eigenvalue weighted by molar-refractivity contribution is 0.256. The molecule has 0 spiro atoms. The summed E-state index contributed by atoms with van der Waals surface area (Å²) >= 11 is 0. The lowest BCUT2D eigenvalue weighted by Crippen LogP contribution is -2.26. The van der Waals surface area contributed by atoms with Crippen molar-refractivity contribution in [3.63, 3.8) is 0 Å². The van der Waals surface area contributed by atoms with E-state index in [0.29, 0.717) is 12.6 Å². The fraction of sp³-hybridized carbons (Fsp3) is 0.500. The molecule has 1 saturated heterocycles. The second kappa shape index (κ2) is 6.04. The van der Waals surface area contributed by atoms with Crippen molar-refractivity contribution in [2.75, 3.05) is 13.1 Å². The van der Waals surface area contributed by atoms with Crippen molar-refractivity contribution in [3.8, 4) is 11.8 Å². The zero-order chi connectivity index (χ0) is 13.0. The number of hydrogen-bond acceptors (Lipinski definition) is 2. The summed E-state index contributed by atoms with van der Waals surface area (Å²) in [6.07, 6.45) is 1.30. The van der Waals surface area contributed by atoms with Crippen LogP contribution in [0.3, 0.4) is 0 Å².